The lowest BCUT2D eigenvalue weighted by molar-refractivity contribution is 0.0943. The minimum absolute atomic E-state index is 0.0667. The number of halogens is 2. The number of hydrogen-bond acceptors (Lipinski definition) is 2. The summed E-state index contributed by atoms with van der Waals surface area (Å²) in [6.45, 7) is 0.800. The van der Waals surface area contributed by atoms with Gasteiger partial charge in [-0.05, 0) is 31.2 Å². The molecule has 0 aliphatic heterocycles. The van der Waals surface area contributed by atoms with Crippen LogP contribution in [-0.2, 0) is 6.42 Å². The molecule has 2 rings (SSSR count). The minimum atomic E-state index is -0.809. The van der Waals surface area contributed by atoms with E-state index in [4.69, 9.17) is 0 Å². The van der Waals surface area contributed by atoms with E-state index >= 15 is 0 Å². The van der Waals surface area contributed by atoms with Crippen LogP contribution >= 0.6 is 0 Å². The monoisotopic (exact) mass is 289 g/mol. The first-order chi connectivity index (χ1) is 10.1. The summed E-state index contributed by atoms with van der Waals surface area (Å²) < 4.78 is 26.3. The number of Topliss-reactive ketones (excluding diaryl/α,β-unsaturated/α-hetero) is 1. The molecular weight excluding hydrogens is 272 g/mol. The van der Waals surface area contributed by atoms with Crippen molar-refractivity contribution in [2.45, 2.75) is 6.42 Å². The fraction of sp³-hybridized carbons (Fsp3) is 0.235. The number of benzene rings is 2. The molecule has 0 heterocycles. The van der Waals surface area contributed by atoms with Gasteiger partial charge in [0.2, 0.25) is 0 Å². The van der Waals surface area contributed by atoms with Crippen molar-refractivity contribution in [2.75, 3.05) is 20.1 Å². The Morgan fingerprint density at radius 2 is 1.81 bits per heavy atom. The van der Waals surface area contributed by atoms with E-state index in [0.717, 1.165) is 18.6 Å². The largest absolute Gasteiger partial charge is 0.299 e. The molecule has 0 N–H and O–H groups in total. The Morgan fingerprint density at radius 1 is 1.10 bits per heavy atom. The molecule has 21 heavy (non-hydrogen) atoms. The predicted molar refractivity (Wildman–Crippen MR) is 78.3 cm³/mol. The number of ketones is 1. The van der Waals surface area contributed by atoms with Gasteiger partial charge in [0, 0.05) is 12.6 Å². The number of carbonyl (C=O) groups is 1. The zero-order valence-corrected chi connectivity index (χ0v) is 11.9. The van der Waals surface area contributed by atoms with E-state index in [1.54, 1.807) is 0 Å². The molecule has 0 saturated heterocycles. The molecule has 0 amide bonds. The number of hydrogen-bond donors (Lipinski definition) is 0. The van der Waals surface area contributed by atoms with Gasteiger partial charge in [-0.15, -0.1) is 0 Å². The second-order valence-corrected chi connectivity index (χ2v) is 5.02. The summed E-state index contributed by atoms with van der Waals surface area (Å²) in [5.74, 6) is -1.83. The maximum Gasteiger partial charge on any atom is 0.179 e. The fourth-order valence-corrected chi connectivity index (χ4v) is 2.09. The Labute approximate surface area is 123 Å². The summed E-state index contributed by atoms with van der Waals surface area (Å²) in [5, 5.41) is 0. The molecule has 0 aromatic heterocycles. The highest BCUT2D eigenvalue weighted by Crippen LogP contribution is 2.11. The van der Waals surface area contributed by atoms with Crippen molar-refractivity contribution < 1.29 is 13.6 Å². The maximum atomic E-state index is 13.5. The number of nitrogens with zero attached hydrogens (tertiary/aromatic N) is 1. The first kappa shape index (κ1) is 15.3. The molecule has 0 bridgehead atoms. The van der Waals surface area contributed by atoms with E-state index in [2.05, 4.69) is 0 Å². The Balaban J connectivity index is 1.90. The highest BCUT2D eigenvalue weighted by Gasteiger charge is 2.14. The van der Waals surface area contributed by atoms with Crippen molar-refractivity contribution in [2.24, 2.45) is 0 Å². The van der Waals surface area contributed by atoms with Crippen molar-refractivity contribution in [3.63, 3.8) is 0 Å². The van der Waals surface area contributed by atoms with Crippen LogP contribution in [0.25, 0.3) is 0 Å². The smallest absolute Gasteiger partial charge is 0.179 e. The van der Waals surface area contributed by atoms with E-state index in [9.17, 15) is 13.6 Å². The maximum absolute atomic E-state index is 13.5. The van der Waals surface area contributed by atoms with Crippen LogP contribution in [0.3, 0.4) is 0 Å². The quantitative estimate of drug-likeness (QED) is 0.760. The van der Waals surface area contributed by atoms with Crippen molar-refractivity contribution >= 4 is 5.78 Å². The topological polar surface area (TPSA) is 20.3 Å². The Kier molecular flexibility index (Phi) is 5.17. The third-order valence-electron chi connectivity index (χ3n) is 3.27. The predicted octanol–water partition coefficient (Wildman–Crippen LogP) is 3.32. The highest BCUT2D eigenvalue weighted by molar-refractivity contribution is 5.97. The summed E-state index contributed by atoms with van der Waals surface area (Å²) in [6, 6.07) is 13.0. The van der Waals surface area contributed by atoms with Gasteiger partial charge in [0.25, 0.3) is 0 Å². The van der Waals surface area contributed by atoms with Crippen molar-refractivity contribution in [1.29, 1.82) is 0 Å². The lowest BCUT2D eigenvalue weighted by atomic mass is 10.1. The molecule has 2 aromatic rings. The summed E-state index contributed by atoms with van der Waals surface area (Å²) in [7, 11) is 1.81. The molecule has 0 saturated carbocycles. The Bertz CT molecular complexity index is 613. The third kappa shape index (κ3) is 4.46. The Morgan fingerprint density at radius 3 is 2.48 bits per heavy atom. The van der Waals surface area contributed by atoms with E-state index in [0.29, 0.717) is 6.54 Å². The normalized spacial score (nSPS) is 10.9. The first-order valence-electron chi connectivity index (χ1n) is 6.77. The minimum Gasteiger partial charge on any atom is -0.299 e. The summed E-state index contributed by atoms with van der Waals surface area (Å²) >= 11 is 0. The summed E-state index contributed by atoms with van der Waals surface area (Å²) in [6.07, 6.45) is 0.816. The number of carbonyl (C=O) groups excluding carboxylic acids is 1. The molecule has 2 nitrogen and oxygen atoms in total. The van der Waals surface area contributed by atoms with Crippen LogP contribution in [0.5, 0.6) is 0 Å². The van der Waals surface area contributed by atoms with Gasteiger partial charge < -0.3 is 0 Å². The molecule has 0 atom stereocenters. The van der Waals surface area contributed by atoms with Crippen LogP contribution in [-0.4, -0.2) is 30.8 Å². The average Bonchev–Trinajstić information content (AvgIpc) is 2.46. The van der Waals surface area contributed by atoms with Crippen molar-refractivity contribution in [1.82, 2.24) is 4.90 Å². The van der Waals surface area contributed by atoms with Crippen LogP contribution in [0.15, 0.2) is 48.5 Å². The standard InChI is InChI=1S/C17H17F2NO/c1-20(10-9-13-5-3-2-4-6-13)12-17(21)15-8-7-14(18)11-16(15)19/h2-8,11H,9-10,12H2,1H3. The lowest BCUT2D eigenvalue weighted by Crippen LogP contribution is -2.28. The van der Waals surface area contributed by atoms with E-state index in [-0.39, 0.29) is 17.9 Å². The second-order valence-electron chi connectivity index (χ2n) is 5.02. The van der Waals surface area contributed by atoms with Crippen LogP contribution in [0.4, 0.5) is 8.78 Å². The van der Waals surface area contributed by atoms with E-state index in [1.165, 1.54) is 11.6 Å². The molecular formula is C17H17F2NO. The number of likely N-dealkylation sites (N-methyl/N-ethyl adjacent to an activating group) is 1. The van der Waals surface area contributed by atoms with Gasteiger partial charge in [0.05, 0.1) is 12.1 Å². The van der Waals surface area contributed by atoms with Crippen molar-refractivity contribution in [3.8, 4) is 0 Å². The highest BCUT2D eigenvalue weighted by atomic mass is 19.1. The molecule has 0 aliphatic rings. The summed E-state index contributed by atoms with van der Waals surface area (Å²) in [4.78, 5) is 13.8. The zero-order valence-electron chi connectivity index (χ0n) is 11.9. The third-order valence-corrected chi connectivity index (χ3v) is 3.27. The van der Waals surface area contributed by atoms with Crippen LogP contribution < -0.4 is 0 Å². The average molecular weight is 289 g/mol. The first-order valence-corrected chi connectivity index (χ1v) is 6.77. The lowest BCUT2D eigenvalue weighted by Gasteiger charge is -2.16. The van der Waals surface area contributed by atoms with Gasteiger partial charge in [0.1, 0.15) is 11.6 Å². The van der Waals surface area contributed by atoms with Gasteiger partial charge in [-0.2, -0.15) is 0 Å². The van der Waals surface area contributed by atoms with Gasteiger partial charge in [-0.3, -0.25) is 9.69 Å². The molecule has 0 unspecified atom stereocenters. The molecule has 4 heteroatoms. The second kappa shape index (κ2) is 7.09. The van der Waals surface area contributed by atoms with Gasteiger partial charge in [0.15, 0.2) is 5.78 Å². The summed E-state index contributed by atoms with van der Waals surface area (Å²) in [5.41, 5.74) is 1.12. The number of rotatable bonds is 6. The van der Waals surface area contributed by atoms with Crippen LogP contribution in [0.1, 0.15) is 15.9 Å². The van der Waals surface area contributed by atoms with Crippen LogP contribution in [0.2, 0.25) is 0 Å². The molecule has 2 aromatic carbocycles. The van der Waals surface area contributed by atoms with E-state index < -0.39 is 11.6 Å². The van der Waals surface area contributed by atoms with Crippen LogP contribution in [0, 0.1) is 11.6 Å². The molecule has 0 spiro atoms. The SMILES string of the molecule is CN(CCc1ccccc1)CC(=O)c1ccc(F)cc1F. The molecule has 0 aliphatic carbocycles. The Hall–Kier alpha value is -2.07. The fourth-order valence-electron chi connectivity index (χ4n) is 2.09. The molecule has 0 fully saturated rings. The molecule has 0 radical (unpaired) electrons. The van der Waals surface area contributed by atoms with Crippen molar-refractivity contribution in [3.05, 3.63) is 71.3 Å². The molecule has 110 valence electrons. The van der Waals surface area contributed by atoms with E-state index in [1.807, 2.05) is 42.3 Å². The van der Waals surface area contributed by atoms with Gasteiger partial charge in [-0.25, -0.2) is 8.78 Å². The van der Waals surface area contributed by atoms with Gasteiger partial charge >= 0.3 is 0 Å². The zero-order chi connectivity index (χ0) is 15.2. The van der Waals surface area contributed by atoms with Gasteiger partial charge in [-0.1, -0.05) is 30.3 Å².